The van der Waals surface area contributed by atoms with E-state index in [4.69, 9.17) is 0 Å². The van der Waals surface area contributed by atoms with Crippen LogP contribution in [0.2, 0.25) is 0 Å². The molecule has 2 rings (SSSR count). The second kappa shape index (κ2) is 5.90. The van der Waals surface area contributed by atoms with Crippen LogP contribution >= 0.6 is 0 Å². The Balaban J connectivity index is 2.19. The minimum atomic E-state index is -1.57. The van der Waals surface area contributed by atoms with Gasteiger partial charge in [-0.2, -0.15) is 0 Å². The number of aliphatic hydroxyl groups is 1. The maximum absolute atomic E-state index is 12.3. The fraction of sp³-hybridized carbons (Fsp3) is 0.400. The van der Waals surface area contributed by atoms with E-state index in [1.165, 1.54) is 5.01 Å². The number of ketones is 1. The van der Waals surface area contributed by atoms with Gasteiger partial charge < -0.3 is 0 Å². The molecule has 1 aliphatic carbocycles. The Morgan fingerprint density at radius 1 is 1.21 bits per heavy atom. The normalized spacial score (nSPS) is 18.7. The molecule has 0 radical (unpaired) electrons. The number of rotatable bonds is 4. The van der Waals surface area contributed by atoms with Crippen molar-refractivity contribution in [3.05, 3.63) is 41.4 Å². The Bertz CT molecular complexity index is 499. The number of benzene rings is 1. The molecule has 0 spiro atoms. The summed E-state index contributed by atoms with van der Waals surface area (Å²) in [6.45, 7) is 3.49. The van der Waals surface area contributed by atoms with E-state index in [0.717, 1.165) is 19.3 Å². The molecular formula is C15H18CoO3. The third-order valence-electron chi connectivity index (χ3n) is 3.51. The van der Waals surface area contributed by atoms with E-state index in [9.17, 15) is 13.8 Å². The molecule has 0 aromatic heterocycles. The van der Waals surface area contributed by atoms with E-state index in [1.807, 2.05) is 0 Å². The Labute approximate surface area is 117 Å². The van der Waals surface area contributed by atoms with Gasteiger partial charge in [-0.15, -0.1) is 0 Å². The Morgan fingerprint density at radius 3 is 2.32 bits per heavy atom. The maximum atomic E-state index is 12.3. The predicted octanol–water partition coefficient (Wildman–Crippen LogP) is 2.30. The third-order valence-corrected chi connectivity index (χ3v) is 4.83. The number of hydrogen-bond acceptors (Lipinski definition) is 3. The van der Waals surface area contributed by atoms with Crippen molar-refractivity contribution in [3.63, 3.8) is 0 Å². The molecule has 0 unspecified atom stereocenters. The standard InChI is InChI=1S/C13H15O2.C2H3.Co.O/c14-12(11-7-3-1-4-8-11)13(15)9-5-2-6-10-13;1-2;;/h3-4,7-8,15H,2,5-6,9-10H2;1H,2H2;;. The van der Waals surface area contributed by atoms with Crippen LogP contribution in [0.4, 0.5) is 0 Å². The molecule has 1 aromatic carbocycles. The Morgan fingerprint density at radius 2 is 1.79 bits per heavy atom. The Hall–Kier alpha value is -1.10. The summed E-state index contributed by atoms with van der Waals surface area (Å²) in [4.78, 5) is 12.3. The molecule has 1 N–H and O–H groups in total. The van der Waals surface area contributed by atoms with Crippen LogP contribution in [0.15, 0.2) is 35.9 Å². The van der Waals surface area contributed by atoms with Crippen molar-refractivity contribution in [2.75, 3.05) is 0 Å². The van der Waals surface area contributed by atoms with Crippen LogP contribution in [0.5, 0.6) is 0 Å². The van der Waals surface area contributed by atoms with Crippen molar-refractivity contribution >= 4 is 10.3 Å². The first-order valence-electron chi connectivity index (χ1n) is 6.36. The van der Waals surface area contributed by atoms with Gasteiger partial charge in [0.1, 0.15) is 0 Å². The molecule has 0 bridgehead atoms. The van der Waals surface area contributed by atoms with Crippen LogP contribution in [0.3, 0.4) is 0 Å². The number of carbonyl (C=O) groups is 1. The molecule has 0 aliphatic heterocycles. The molecule has 3 nitrogen and oxygen atoms in total. The number of hydrogen-bond donors (Lipinski definition) is 1. The molecule has 0 amide bonds. The summed E-state index contributed by atoms with van der Waals surface area (Å²) in [5, 5.41) is 11.8. The van der Waals surface area contributed by atoms with E-state index in [2.05, 4.69) is 6.58 Å². The molecule has 0 heterocycles. The first-order valence-corrected chi connectivity index (χ1v) is 7.91. The molecule has 4 heteroatoms. The summed E-state index contributed by atoms with van der Waals surface area (Å²) in [5.41, 5.74) is -0.722. The zero-order chi connectivity index (χ0) is 13.9. The Kier molecular flexibility index (Phi) is 4.44. The van der Waals surface area contributed by atoms with E-state index >= 15 is 0 Å². The minimum absolute atomic E-state index is 0.215. The summed E-state index contributed by atoms with van der Waals surface area (Å²) in [6, 6.07) is 6.61. The molecule has 0 saturated heterocycles. The molecule has 1 saturated carbocycles. The van der Waals surface area contributed by atoms with E-state index in [0.29, 0.717) is 22.9 Å². The van der Waals surface area contributed by atoms with Crippen LogP contribution in [0.1, 0.15) is 42.5 Å². The van der Waals surface area contributed by atoms with Crippen molar-refractivity contribution in [1.82, 2.24) is 0 Å². The van der Waals surface area contributed by atoms with Crippen molar-refractivity contribution < 1.29 is 27.4 Å². The van der Waals surface area contributed by atoms with Gasteiger partial charge in [-0.05, 0) is 0 Å². The molecule has 105 valence electrons. The SMILES string of the molecule is C=[CH][Co](=[O])[c]1ccc(C(=O)C2(O)CCCCC2)cc1. The van der Waals surface area contributed by atoms with Crippen LogP contribution in [0, 0.1) is 0 Å². The van der Waals surface area contributed by atoms with Crippen molar-refractivity contribution in [1.29, 1.82) is 0 Å². The van der Waals surface area contributed by atoms with Crippen LogP contribution in [-0.4, -0.2) is 16.5 Å². The summed E-state index contributed by atoms with van der Waals surface area (Å²) in [7, 11) is 0. The number of Topliss-reactive ketones (excluding diaryl/α,β-unsaturated/α-hetero) is 1. The topological polar surface area (TPSA) is 54.4 Å². The first kappa shape index (κ1) is 14.3. The monoisotopic (exact) mass is 305 g/mol. The summed E-state index contributed by atoms with van der Waals surface area (Å²) in [6.07, 6.45) is 3.93. The fourth-order valence-corrected chi connectivity index (χ4v) is 3.18. The van der Waals surface area contributed by atoms with Gasteiger partial charge in [0.15, 0.2) is 0 Å². The number of carbonyl (C=O) groups excluding carboxylic acids is 1. The molecule has 19 heavy (non-hydrogen) atoms. The van der Waals surface area contributed by atoms with Gasteiger partial charge in [0, 0.05) is 0 Å². The average Bonchev–Trinajstić information content (AvgIpc) is 2.46. The quantitative estimate of drug-likeness (QED) is 0.868. The predicted molar refractivity (Wildman–Crippen MR) is 69.3 cm³/mol. The van der Waals surface area contributed by atoms with Gasteiger partial charge >= 0.3 is 117 Å². The van der Waals surface area contributed by atoms with Gasteiger partial charge in [-0.3, -0.25) is 0 Å². The van der Waals surface area contributed by atoms with Gasteiger partial charge in [0.05, 0.1) is 0 Å². The third kappa shape index (κ3) is 3.08. The molecule has 1 aromatic rings. The fourth-order valence-electron chi connectivity index (χ4n) is 2.41. The van der Waals surface area contributed by atoms with Crippen molar-refractivity contribution in [2.24, 2.45) is 0 Å². The van der Waals surface area contributed by atoms with Gasteiger partial charge in [-0.1, -0.05) is 0 Å². The zero-order valence-electron chi connectivity index (χ0n) is 10.7. The second-order valence-corrected chi connectivity index (χ2v) is 6.57. The van der Waals surface area contributed by atoms with Crippen molar-refractivity contribution in [3.8, 4) is 0 Å². The van der Waals surface area contributed by atoms with E-state index in [-0.39, 0.29) is 5.78 Å². The van der Waals surface area contributed by atoms with Gasteiger partial charge in [0.2, 0.25) is 0 Å². The zero-order valence-corrected chi connectivity index (χ0v) is 11.8. The first-order chi connectivity index (χ1) is 9.07. The molecule has 1 aliphatic rings. The molecular weight excluding hydrogens is 287 g/mol. The molecule has 1 fully saturated rings. The average molecular weight is 305 g/mol. The van der Waals surface area contributed by atoms with Crippen LogP contribution in [-0.2, 0) is 17.5 Å². The summed E-state index contributed by atoms with van der Waals surface area (Å²) in [5.74, 6) is -0.215. The molecule has 0 atom stereocenters. The van der Waals surface area contributed by atoms with Crippen molar-refractivity contribution in [2.45, 2.75) is 37.7 Å². The summed E-state index contributed by atoms with van der Waals surface area (Å²) >= 11 is -1.57. The van der Waals surface area contributed by atoms with Crippen LogP contribution in [0.25, 0.3) is 0 Å². The van der Waals surface area contributed by atoms with Crippen LogP contribution < -0.4 is 4.50 Å². The van der Waals surface area contributed by atoms with Gasteiger partial charge in [-0.25, -0.2) is 0 Å². The van der Waals surface area contributed by atoms with E-state index < -0.39 is 19.2 Å². The second-order valence-electron chi connectivity index (χ2n) is 4.78. The van der Waals surface area contributed by atoms with Gasteiger partial charge in [0.25, 0.3) is 0 Å². The van der Waals surface area contributed by atoms with E-state index in [1.54, 1.807) is 24.3 Å². The summed E-state index contributed by atoms with van der Waals surface area (Å²) < 4.78 is 12.2.